The van der Waals surface area contributed by atoms with Crippen molar-refractivity contribution in [1.82, 2.24) is 16.0 Å². The quantitative estimate of drug-likeness (QED) is 0.106. The molecule has 0 aliphatic carbocycles. The van der Waals surface area contributed by atoms with Crippen molar-refractivity contribution in [1.29, 1.82) is 0 Å². The third-order valence-electron chi connectivity index (χ3n) is 3.47. The number of rotatable bonds is 18. The number of carbonyl (C=O) groups excluding carboxylic acids is 3. The van der Waals surface area contributed by atoms with Gasteiger partial charge in [-0.3, -0.25) is 19.2 Å². The van der Waals surface area contributed by atoms with Crippen LogP contribution in [0.5, 0.6) is 0 Å². The van der Waals surface area contributed by atoms with Crippen LogP contribution in [0.15, 0.2) is 0 Å². The number of carbonyl (C=O) groups is 5. The van der Waals surface area contributed by atoms with Crippen LogP contribution < -0.4 is 16.0 Å². The summed E-state index contributed by atoms with van der Waals surface area (Å²) in [5.41, 5.74) is 0. The molecular formula is C17H29N3O9S. The number of nitrogens with one attached hydrogen (secondary N) is 3. The van der Waals surface area contributed by atoms with Crippen molar-refractivity contribution < 1.29 is 43.7 Å². The zero-order chi connectivity index (χ0) is 22.8. The van der Waals surface area contributed by atoms with E-state index in [2.05, 4.69) is 28.6 Å². The summed E-state index contributed by atoms with van der Waals surface area (Å²) >= 11 is 4.02. The summed E-state index contributed by atoms with van der Waals surface area (Å²) < 4.78 is 10.3. The molecule has 3 amide bonds. The van der Waals surface area contributed by atoms with E-state index >= 15 is 0 Å². The Morgan fingerprint density at radius 3 is 2.17 bits per heavy atom. The standard InChI is InChI=1S/C17H29N3O9S/c21-13(2-1-9-30)18-5-6-28-7-8-29-11-15(23)20-12(17(26)27)3-4-14(22)19-10-16(24)25/h12,30H,1-11H2,(H,18,21)(H,19,22)(H,20,23)(H,24,25)(H,26,27)/t12-/m0/s1. The lowest BCUT2D eigenvalue weighted by molar-refractivity contribution is -0.143. The van der Waals surface area contributed by atoms with Crippen LogP contribution in [0.1, 0.15) is 25.7 Å². The number of ether oxygens (including phenoxy) is 2. The van der Waals surface area contributed by atoms with Crippen LogP contribution in [0, 0.1) is 0 Å². The Kier molecular flexibility index (Phi) is 16.1. The molecule has 0 aliphatic heterocycles. The second kappa shape index (κ2) is 17.5. The van der Waals surface area contributed by atoms with Crippen LogP contribution in [-0.4, -0.2) is 91.2 Å². The molecule has 172 valence electrons. The third kappa shape index (κ3) is 16.6. The van der Waals surface area contributed by atoms with E-state index in [4.69, 9.17) is 19.7 Å². The lowest BCUT2D eigenvalue weighted by atomic mass is 10.1. The molecule has 0 fully saturated rings. The van der Waals surface area contributed by atoms with Crippen molar-refractivity contribution in [3.05, 3.63) is 0 Å². The maximum atomic E-state index is 11.7. The van der Waals surface area contributed by atoms with Crippen molar-refractivity contribution in [3.8, 4) is 0 Å². The van der Waals surface area contributed by atoms with Gasteiger partial charge in [-0.25, -0.2) is 4.79 Å². The van der Waals surface area contributed by atoms with Crippen molar-refractivity contribution in [2.45, 2.75) is 31.7 Å². The van der Waals surface area contributed by atoms with E-state index in [9.17, 15) is 24.0 Å². The highest BCUT2D eigenvalue weighted by Crippen LogP contribution is 1.98. The van der Waals surface area contributed by atoms with Crippen LogP contribution in [0.3, 0.4) is 0 Å². The van der Waals surface area contributed by atoms with Crippen molar-refractivity contribution in [2.24, 2.45) is 0 Å². The molecule has 0 spiro atoms. The Hall–Kier alpha value is -2.38. The predicted molar refractivity (Wildman–Crippen MR) is 107 cm³/mol. The van der Waals surface area contributed by atoms with Gasteiger partial charge in [-0.1, -0.05) is 0 Å². The molecule has 0 radical (unpaired) electrons. The minimum atomic E-state index is -1.32. The smallest absolute Gasteiger partial charge is 0.326 e. The molecule has 0 saturated heterocycles. The van der Waals surface area contributed by atoms with Crippen molar-refractivity contribution >= 4 is 42.3 Å². The molecule has 30 heavy (non-hydrogen) atoms. The SMILES string of the molecule is O=C(O)CNC(=O)CC[C@H](NC(=O)COCCOCCNC(=O)CCCS)C(=O)O. The summed E-state index contributed by atoms with van der Waals surface area (Å²) in [5.74, 6) is -3.29. The molecular weight excluding hydrogens is 422 g/mol. The van der Waals surface area contributed by atoms with Gasteiger partial charge >= 0.3 is 11.9 Å². The lowest BCUT2D eigenvalue weighted by Crippen LogP contribution is -2.43. The van der Waals surface area contributed by atoms with Crippen molar-refractivity contribution in [2.75, 3.05) is 45.3 Å². The van der Waals surface area contributed by atoms with Crippen LogP contribution in [0.4, 0.5) is 0 Å². The average Bonchev–Trinajstić information content (AvgIpc) is 2.69. The maximum absolute atomic E-state index is 11.7. The molecule has 0 aromatic heterocycles. The molecule has 0 aromatic rings. The second-order valence-corrected chi connectivity index (χ2v) is 6.46. The number of carboxylic acids is 2. The number of hydrogen-bond donors (Lipinski definition) is 6. The van der Waals surface area contributed by atoms with E-state index in [-0.39, 0.29) is 38.6 Å². The van der Waals surface area contributed by atoms with Crippen LogP contribution in [-0.2, 0) is 33.4 Å². The Bertz CT molecular complexity index is 575. The number of thiol groups is 1. The fourth-order valence-electron chi connectivity index (χ4n) is 2.01. The lowest BCUT2D eigenvalue weighted by Gasteiger charge is -2.14. The Morgan fingerprint density at radius 1 is 0.867 bits per heavy atom. The molecule has 0 unspecified atom stereocenters. The zero-order valence-electron chi connectivity index (χ0n) is 16.6. The fraction of sp³-hybridized carbons (Fsp3) is 0.706. The van der Waals surface area contributed by atoms with Crippen LogP contribution in [0.25, 0.3) is 0 Å². The van der Waals surface area contributed by atoms with Gasteiger partial charge in [0.15, 0.2) is 0 Å². The van der Waals surface area contributed by atoms with E-state index in [1.165, 1.54) is 0 Å². The van der Waals surface area contributed by atoms with Gasteiger partial charge in [0.1, 0.15) is 19.2 Å². The van der Waals surface area contributed by atoms with E-state index in [0.29, 0.717) is 25.1 Å². The molecule has 5 N–H and O–H groups in total. The zero-order valence-corrected chi connectivity index (χ0v) is 17.4. The molecule has 0 aromatic carbocycles. The highest BCUT2D eigenvalue weighted by Gasteiger charge is 2.21. The first-order valence-corrected chi connectivity index (χ1v) is 9.93. The van der Waals surface area contributed by atoms with E-state index in [1.807, 2.05) is 0 Å². The van der Waals surface area contributed by atoms with Gasteiger partial charge in [-0.05, 0) is 18.6 Å². The van der Waals surface area contributed by atoms with Gasteiger partial charge in [0.05, 0.1) is 19.8 Å². The Morgan fingerprint density at radius 2 is 1.53 bits per heavy atom. The van der Waals surface area contributed by atoms with Gasteiger partial charge in [0.25, 0.3) is 0 Å². The van der Waals surface area contributed by atoms with Gasteiger partial charge < -0.3 is 35.6 Å². The summed E-state index contributed by atoms with van der Waals surface area (Å²) in [4.78, 5) is 56.0. The summed E-state index contributed by atoms with van der Waals surface area (Å²) in [6, 6.07) is -1.31. The number of amides is 3. The first-order valence-electron chi connectivity index (χ1n) is 9.30. The summed E-state index contributed by atoms with van der Waals surface area (Å²) in [6.07, 6.45) is 0.651. The minimum Gasteiger partial charge on any atom is -0.480 e. The Balaban J connectivity index is 3.85. The van der Waals surface area contributed by atoms with Crippen LogP contribution >= 0.6 is 12.6 Å². The van der Waals surface area contributed by atoms with Gasteiger partial charge in [-0.15, -0.1) is 0 Å². The molecule has 0 saturated carbocycles. The van der Waals surface area contributed by atoms with E-state index in [0.717, 1.165) is 0 Å². The molecule has 0 aliphatic rings. The maximum Gasteiger partial charge on any atom is 0.326 e. The highest BCUT2D eigenvalue weighted by molar-refractivity contribution is 7.80. The molecule has 13 heteroatoms. The topological polar surface area (TPSA) is 180 Å². The molecule has 0 heterocycles. The highest BCUT2D eigenvalue weighted by atomic mass is 32.1. The molecule has 1 atom stereocenters. The fourth-order valence-corrected chi connectivity index (χ4v) is 2.16. The molecule has 12 nitrogen and oxygen atoms in total. The summed E-state index contributed by atoms with van der Waals surface area (Å²) in [6.45, 7) is -0.0399. The van der Waals surface area contributed by atoms with E-state index in [1.54, 1.807) is 0 Å². The third-order valence-corrected chi connectivity index (χ3v) is 3.78. The number of carboxylic acid groups (broad SMARTS) is 2. The predicted octanol–water partition coefficient (Wildman–Crippen LogP) is -1.60. The van der Waals surface area contributed by atoms with Gasteiger partial charge in [-0.2, -0.15) is 12.6 Å². The monoisotopic (exact) mass is 451 g/mol. The first kappa shape index (κ1) is 27.6. The number of aliphatic carboxylic acids is 2. The largest absolute Gasteiger partial charge is 0.480 e. The Labute approximate surface area is 179 Å². The number of hydrogen-bond acceptors (Lipinski definition) is 8. The first-order chi connectivity index (χ1) is 14.3. The van der Waals surface area contributed by atoms with Gasteiger partial charge in [0.2, 0.25) is 17.7 Å². The van der Waals surface area contributed by atoms with Crippen LogP contribution in [0.2, 0.25) is 0 Å². The second-order valence-electron chi connectivity index (χ2n) is 6.01. The summed E-state index contributed by atoms with van der Waals surface area (Å²) in [5, 5.41) is 24.5. The molecule has 0 bridgehead atoms. The average molecular weight is 451 g/mol. The summed E-state index contributed by atoms with van der Waals surface area (Å²) in [7, 11) is 0. The van der Waals surface area contributed by atoms with E-state index < -0.39 is 42.9 Å². The van der Waals surface area contributed by atoms with Gasteiger partial charge in [0, 0.05) is 19.4 Å². The molecule has 0 rings (SSSR count). The van der Waals surface area contributed by atoms with Crippen molar-refractivity contribution in [3.63, 3.8) is 0 Å². The minimum absolute atomic E-state index is 0.0760. The normalized spacial score (nSPS) is 11.4.